The molecule has 1 aliphatic heterocycles. The van der Waals surface area contributed by atoms with Crippen molar-refractivity contribution in [3.8, 4) is 11.1 Å². The zero-order chi connectivity index (χ0) is 25.3. The Kier molecular flexibility index (Phi) is 6.89. The Bertz CT molecular complexity index is 1310. The summed E-state index contributed by atoms with van der Waals surface area (Å²) in [4.78, 5) is 39.3. The normalized spacial score (nSPS) is 13.5. The number of ether oxygens (including phenoxy) is 1. The maximum Gasteiger partial charge on any atom is 0.328 e. The van der Waals surface area contributed by atoms with Crippen molar-refractivity contribution in [3.63, 3.8) is 0 Å². The van der Waals surface area contributed by atoms with Gasteiger partial charge >= 0.3 is 5.97 Å². The lowest BCUT2D eigenvalue weighted by atomic mass is 9.99. The zero-order valence-electron chi connectivity index (χ0n) is 19.5. The molecule has 3 aromatic carbocycles. The molecule has 1 atom stereocenters. The smallest absolute Gasteiger partial charge is 0.328 e. The highest BCUT2D eigenvalue weighted by atomic mass is 35.5. The molecule has 8 heteroatoms. The predicted molar refractivity (Wildman–Crippen MR) is 132 cm³/mol. The second-order valence-electron chi connectivity index (χ2n) is 8.67. The molecule has 1 heterocycles. The molecule has 1 aliphatic rings. The van der Waals surface area contributed by atoms with Gasteiger partial charge in [0.25, 0.3) is 11.8 Å². The maximum absolute atomic E-state index is 15.0. The van der Waals surface area contributed by atoms with Crippen LogP contribution in [0.4, 0.5) is 10.1 Å². The van der Waals surface area contributed by atoms with Gasteiger partial charge in [0.2, 0.25) is 0 Å². The number of anilines is 1. The molecule has 35 heavy (non-hydrogen) atoms. The van der Waals surface area contributed by atoms with E-state index >= 15 is 4.39 Å². The molecule has 180 valence electrons. The second-order valence-corrected chi connectivity index (χ2v) is 9.11. The molecule has 0 aromatic heterocycles. The molecule has 3 aromatic rings. The van der Waals surface area contributed by atoms with Gasteiger partial charge in [-0.3, -0.25) is 9.59 Å². The number of carbonyl (C=O) groups excluding carboxylic acids is 3. The third-order valence-corrected chi connectivity index (χ3v) is 6.25. The lowest BCUT2D eigenvalue weighted by molar-refractivity contribution is -0.147. The summed E-state index contributed by atoms with van der Waals surface area (Å²) in [5, 5.41) is 3.18. The first-order valence-corrected chi connectivity index (χ1v) is 11.5. The summed E-state index contributed by atoms with van der Waals surface area (Å²) in [7, 11) is 1.30. The number of hydrogen-bond donors (Lipinski definition) is 1. The minimum Gasteiger partial charge on any atom is -0.467 e. The lowest BCUT2D eigenvalue weighted by Gasteiger charge is -2.28. The van der Waals surface area contributed by atoms with Gasteiger partial charge in [-0.05, 0) is 65.6 Å². The summed E-state index contributed by atoms with van der Waals surface area (Å²) >= 11 is 5.85. The Morgan fingerprint density at radius 3 is 2.37 bits per heavy atom. The Labute approximate surface area is 207 Å². The van der Waals surface area contributed by atoms with Crippen LogP contribution in [0, 0.1) is 11.7 Å². The van der Waals surface area contributed by atoms with Crippen molar-refractivity contribution in [1.82, 2.24) is 4.90 Å². The number of nitrogens with zero attached hydrogens (tertiary/aromatic N) is 1. The molecule has 0 fully saturated rings. The summed E-state index contributed by atoms with van der Waals surface area (Å²) in [5.74, 6) is -1.83. The van der Waals surface area contributed by atoms with Crippen LogP contribution in [0.5, 0.6) is 0 Å². The van der Waals surface area contributed by atoms with E-state index < -0.39 is 17.8 Å². The van der Waals surface area contributed by atoms with Crippen LogP contribution in [0.1, 0.15) is 40.1 Å². The molecule has 1 N–H and O–H groups in total. The molecular formula is C27H24ClFN2O4. The van der Waals surface area contributed by atoms with Crippen LogP contribution in [-0.4, -0.2) is 35.8 Å². The first-order valence-electron chi connectivity index (χ1n) is 11.1. The fraction of sp³-hybridized carbons (Fsp3) is 0.222. The minimum absolute atomic E-state index is 0.131. The monoisotopic (exact) mass is 494 g/mol. The van der Waals surface area contributed by atoms with E-state index in [1.165, 1.54) is 18.1 Å². The highest BCUT2D eigenvalue weighted by Gasteiger charge is 2.38. The number of rotatable bonds is 6. The molecule has 6 nitrogen and oxygen atoms in total. The average Bonchev–Trinajstić information content (AvgIpc) is 3.14. The van der Waals surface area contributed by atoms with E-state index in [4.69, 9.17) is 16.3 Å². The number of carbonyl (C=O) groups is 3. The van der Waals surface area contributed by atoms with Gasteiger partial charge in [0.15, 0.2) is 0 Å². The number of halogens is 2. The molecule has 0 spiro atoms. The van der Waals surface area contributed by atoms with Gasteiger partial charge in [-0.2, -0.15) is 0 Å². The zero-order valence-corrected chi connectivity index (χ0v) is 20.2. The van der Waals surface area contributed by atoms with Gasteiger partial charge < -0.3 is 15.0 Å². The molecule has 0 radical (unpaired) electrons. The van der Waals surface area contributed by atoms with Gasteiger partial charge in [-0.1, -0.05) is 37.6 Å². The standard InChI is InChI=1S/C27H24ClFN2O4/c1-15(2)24(27(34)35-3)31-14-18-5-4-17(12-22(18)26(31)33)21-11-10-20(13-23(21)29)30-25(32)16-6-8-19(28)9-7-16/h4-13,15,24H,14H2,1-3H3,(H,30,32)/t24-/m0/s1. The van der Waals surface area contributed by atoms with Gasteiger partial charge in [0.1, 0.15) is 11.9 Å². The lowest BCUT2D eigenvalue weighted by Crippen LogP contribution is -2.45. The van der Waals surface area contributed by atoms with Crippen molar-refractivity contribution >= 4 is 35.1 Å². The van der Waals surface area contributed by atoms with E-state index in [9.17, 15) is 14.4 Å². The second kappa shape index (κ2) is 9.88. The quantitative estimate of drug-likeness (QED) is 0.456. The molecule has 0 saturated heterocycles. The number of nitrogens with one attached hydrogen (secondary N) is 1. The van der Waals surface area contributed by atoms with E-state index in [1.54, 1.807) is 54.6 Å². The van der Waals surface area contributed by atoms with E-state index in [0.717, 1.165) is 5.56 Å². The highest BCUT2D eigenvalue weighted by molar-refractivity contribution is 6.30. The molecule has 0 saturated carbocycles. The van der Waals surface area contributed by atoms with Crippen molar-refractivity contribution in [2.45, 2.75) is 26.4 Å². The van der Waals surface area contributed by atoms with Crippen LogP contribution in [0.25, 0.3) is 11.1 Å². The van der Waals surface area contributed by atoms with E-state index in [2.05, 4.69) is 5.32 Å². The van der Waals surface area contributed by atoms with E-state index in [-0.39, 0.29) is 29.8 Å². The molecule has 0 aliphatic carbocycles. The van der Waals surface area contributed by atoms with Gasteiger partial charge in [-0.15, -0.1) is 0 Å². The summed E-state index contributed by atoms with van der Waals surface area (Å²) in [6.07, 6.45) is 0. The first-order chi connectivity index (χ1) is 16.7. The molecule has 4 rings (SSSR count). The summed E-state index contributed by atoms with van der Waals surface area (Å²) in [5.41, 5.74) is 2.69. The van der Waals surface area contributed by atoms with Crippen molar-refractivity contribution in [1.29, 1.82) is 0 Å². The Balaban J connectivity index is 1.56. The fourth-order valence-corrected chi connectivity index (χ4v) is 4.35. The predicted octanol–water partition coefficient (Wildman–Crippen LogP) is 5.55. The number of fused-ring (bicyclic) bond motifs is 1. The molecule has 0 unspecified atom stereocenters. The number of hydrogen-bond acceptors (Lipinski definition) is 4. The van der Waals surface area contributed by atoms with E-state index in [0.29, 0.717) is 27.4 Å². The van der Waals surface area contributed by atoms with Gasteiger partial charge in [0, 0.05) is 33.9 Å². The topological polar surface area (TPSA) is 75.7 Å². The number of benzene rings is 3. The van der Waals surface area contributed by atoms with Crippen molar-refractivity contribution in [2.24, 2.45) is 5.92 Å². The largest absolute Gasteiger partial charge is 0.467 e. The number of methoxy groups -OCH3 is 1. The molecule has 2 amide bonds. The van der Waals surface area contributed by atoms with Gasteiger partial charge in [0.05, 0.1) is 7.11 Å². The van der Waals surface area contributed by atoms with Crippen LogP contribution < -0.4 is 5.32 Å². The van der Waals surface area contributed by atoms with Crippen LogP contribution in [0.15, 0.2) is 60.7 Å². The Morgan fingerprint density at radius 1 is 1.03 bits per heavy atom. The molecule has 0 bridgehead atoms. The molecular weight excluding hydrogens is 471 g/mol. The SMILES string of the molecule is COC(=O)[C@H](C(C)C)N1Cc2ccc(-c3ccc(NC(=O)c4ccc(Cl)cc4)cc3F)cc2C1=O. The van der Waals surface area contributed by atoms with Crippen LogP contribution in [0.3, 0.4) is 0 Å². The van der Waals surface area contributed by atoms with Crippen LogP contribution in [-0.2, 0) is 16.1 Å². The van der Waals surface area contributed by atoms with Crippen LogP contribution in [0.2, 0.25) is 5.02 Å². The summed E-state index contributed by atoms with van der Waals surface area (Å²) < 4.78 is 19.9. The average molecular weight is 495 g/mol. The maximum atomic E-state index is 15.0. The summed E-state index contributed by atoms with van der Waals surface area (Å²) in [6, 6.07) is 15.2. The van der Waals surface area contributed by atoms with Crippen molar-refractivity contribution in [2.75, 3.05) is 12.4 Å². The van der Waals surface area contributed by atoms with Crippen molar-refractivity contribution < 1.29 is 23.5 Å². The summed E-state index contributed by atoms with van der Waals surface area (Å²) in [6.45, 7) is 3.99. The van der Waals surface area contributed by atoms with E-state index in [1.807, 2.05) is 13.8 Å². The first kappa shape index (κ1) is 24.4. The van der Waals surface area contributed by atoms with Crippen molar-refractivity contribution in [3.05, 3.63) is 88.2 Å². The third kappa shape index (κ3) is 4.91. The van der Waals surface area contributed by atoms with Gasteiger partial charge in [-0.25, -0.2) is 9.18 Å². The third-order valence-electron chi connectivity index (χ3n) is 6.00. The van der Waals surface area contributed by atoms with Crippen LogP contribution >= 0.6 is 11.6 Å². The fourth-order valence-electron chi connectivity index (χ4n) is 4.23. The number of amides is 2. The Morgan fingerprint density at radius 2 is 1.74 bits per heavy atom. The Hall–Kier alpha value is -3.71. The highest BCUT2D eigenvalue weighted by Crippen LogP contribution is 2.33. The number of esters is 1. The minimum atomic E-state index is -0.705.